The fourth-order valence-corrected chi connectivity index (χ4v) is 2.03. The highest BCUT2D eigenvalue weighted by atomic mass is 16.6. The molecule has 0 atom stereocenters. The zero-order chi connectivity index (χ0) is 11.3. The predicted molar refractivity (Wildman–Crippen MR) is 59.9 cm³/mol. The summed E-state index contributed by atoms with van der Waals surface area (Å²) in [7, 11) is 4.19. The SMILES string of the molecule is CCOC(=O)N1CCC(CN(C)C)CC1. The highest BCUT2D eigenvalue weighted by Gasteiger charge is 2.23. The lowest BCUT2D eigenvalue weighted by atomic mass is 9.97. The lowest BCUT2D eigenvalue weighted by molar-refractivity contribution is 0.0886. The van der Waals surface area contributed by atoms with E-state index in [4.69, 9.17) is 4.74 Å². The summed E-state index contributed by atoms with van der Waals surface area (Å²) < 4.78 is 4.97. The zero-order valence-corrected chi connectivity index (χ0v) is 10.0. The van der Waals surface area contributed by atoms with Crippen molar-refractivity contribution in [2.75, 3.05) is 40.3 Å². The Labute approximate surface area is 92.2 Å². The van der Waals surface area contributed by atoms with Gasteiger partial charge in [0.1, 0.15) is 0 Å². The third kappa shape index (κ3) is 4.08. The van der Waals surface area contributed by atoms with Gasteiger partial charge in [-0.25, -0.2) is 4.79 Å². The van der Waals surface area contributed by atoms with Gasteiger partial charge in [0, 0.05) is 19.6 Å². The molecule has 0 N–H and O–H groups in total. The number of hydrogen-bond acceptors (Lipinski definition) is 3. The number of piperidine rings is 1. The van der Waals surface area contributed by atoms with Crippen molar-refractivity contribution in [3.63, 3.8) is 0 Å². The van der Waals surface area contributed by atoms with E-state index in [0.29, 0.717) is 6.61 Å². The Morgan fingerprint density at radius 1 is 1.40 bits per heavy atom. The number of amides is 1. The molecule has 0 spiro atoms. The van der Waals surface area contributed by atoms with Crippen LogP contribution in [0.3, 0.4) is 0 Å². The number of hydrogen-bond donors (Lipinski definition) is 0. The molecule has 0 aliphatic carbocycles. The average molecular weight is 214 g/mol. The van der Waals surface area contributed by atoms with Gasteiger partial charge in [-0.3, -0.25) is 0 Å². The maximum absolute atomic E-state index is 11.4. The van der Waals surface area contributed by atoms with E-state index >= 15 is 0 Å². The molecule has 1 aliphatic heterocycles. The summed E-state index contributed by atoms with van der Waals surface area (Å²) in [6.07, 6.45) is 2.04. The summed E-state index contributed by atoms with van der Waals surface area (Å²) in [6.45, 7) is 5.12. The first kappa shape index (κ1) is 12.3. The van der Waals surface area contributed by atoms with Crippen LogP contribution in [0.15, 0.2) is 0 Å². The van der Waals surface area contributed by atoms with Crippen molar-refractivity contribution in [1.82, 2.24) is 9.80 Å². The van der Waals surface area contributed by atoms with Crippen molar-refractivity contribution in [3.8, 4) is 0 Å². The van der Waals surface area contributed by atoms with Gasteiger partial charge >= 0.3 is 6.09 Å². The summed E-state index contributed by atoms with van der Waals surface area (Å²) in [4.78, 5) is 15.4. The summed E-state index contributed by atoms with van der Waals surface area (Å²) in [5, 5.41) is 0. The van der Waals surface area contributed by atoms with Gasteiger partial charge < -0.3 is 14.5 Å². The van der Waals surface area contributed by atoms with E-state index < -0.39 is 0 Å². The normalized spacial score (nSPS) is 18.3. The monoisotopic (exact) mass is 214 g/mol. The summed E-state index contributed by atoms with van der Waals surface area (Å²) in [6, 6.07) is 0. The van der Waals surface area contributed by atoms with E-state index in [-0.39, 0.29) is 6.09 Å². The first-order valence-electron chi connectivity index (χ1n) is 5.70. The molecule has 1 fully saturated rings. The van der Waals surface area contributed by atoms with E-state index in [0.717, 1.165) is 38.4 Å². The van der Waals surface area contributed by atoms with E-state index in [9.17, 15) is 4.79 Å². The molecule has 15 heavy (non-hydrogen) atoms. The van der Waals surface area contributed by atoms with Gasteiger partial charge in [-0.15, -0.1) is 0 Å². The Bertz CT molecular complexity index is 199. The minimum Gasteiger partial charge on any atom is -0.450 e. The van der Waals surface area contributed by atoms with Crippen molar-refractivity contribution >= 4 is 6.09 Å². The molecule has 88 valence electrons. The van der Waals surface area contributed by atoms with Gasteiger partial charge in [0.25, 0.3) is 0 Å². The molecule has 4 nitrogen and oxygen atoms in total. The van der Waals surface area contributed by atoms with Crippen LogP contribution in [0.4, 0.5) is 4.79 Å². The molecule has 0 radical (unpaired) electrons. The fraction of sp³-hybridized carbons (Fsp3) is 0.909. The number of rotatable bonds is 3. The molecule has 1 heterocycles. The molecule has 1 rings (SSSR count). The largest absolute Gasteiger partial charge is 0.450 e. The number of carbonyl (C=O) groups is 1. The van der Waals surface area contributed by atoms with Crippen LogP contribution in [-0.2, 0) is 4.74 Å². The molecule has 1 aliphatic rings. The Morgan fingerprint density at radius 3 is 2.47 bits per heavy atom. The maximum Gasteiger partial charge on any atom is 0.409 e. The molecule has 0 unspecified atom stereocenters. The molecule has 1 saturated heterocycles. The van der Waals surface area contributed by atoms with Crippen LogP contribution in [-0.4, -0.2) is 56.2 Å². The van der Waals surface area contributed by atoms with Crippen LogP contribution in [0.5, 0.6) is 0 Å². The molecule has 1 amide bonds. The van der Waals surface area contributed by atoms with E-state index in [1.165, 1.54) is 0 Å². The van der Waals surface area contributed by atoms with Crippen LogP contribution in [0.1, 0.15) is 19.8 Å². The Kier molecular flexibility index (Phi) is 4.88. The highest BCUT2D eigenvalue weighted by Crippen LogP contribution is 2.18. The number of ether oxygens (including phenoxy) is 1. The minimum absolute atomic E-state index is 0.152. The Hall–Kier alpha value is -0.770. The second-order valence-corrected chi connectivity index (χ2v) is 4.39. The molecule has 4 heteroatoms. The van der Waals surface area contributed by atoms with Gasteiger partial charge in [0.2, 0.25) is 0 Å². The highest BCUT2D eigenvalue weighted by molar-refractivity contribution is 5.67. The standard InChI is InChI=1S/C11H22N2O2/c1-4-15-11(14)13-7-5-10(6-8-13)9-12(2)3/h10H,4-9H2,1-3H3. The first-order valence-corrected chi connectivity index (χ1v) is 5.70. The summed E-state index contributed by atoms with van der Waals surface area (Å²) >= 11 is 0. The van der Waals surface area contributed by atoms with Crippen molar-refractivity contribution in [2.45, 2.75) is 19.8 Å². The van der Waals surface area contributed by atoms with Gasteiger partial charge in [-0.1, -0.05) is 0 Å². The zero-order valence-electron chi connectivity index (χ0n) is 10.0. The van der Waals surface area contributed by atoms with Crippen LogP contribution in [0.25, 0.3) is 0 Å². The van der Waals surface area contributed by atoms with Crippen molar-refractivity contribution in [3.05, 3.63) is 0 Å². The topological polar surface area (TPSA) is 32.8 Å². The Balaban J connectivity index is 2.26. The maximum atomic E-state index is 11.4. The smallest absolute Gasteiger partial charge is 0.409 e. The Morgan fingerprint density at radius 2 is 2.00 bits per heavy atom. The van der Waals surface area contributed by atoms with Crippen LogP contribution < -0.4 is 0 Å². The lowest BCUT2D eigenvalue weighted by Crippen LogP contribution is -2.40. The second-order valence-electron chi connectivity index (χ2n) is 4.39. The molecular weight excluding hydrogens is 192 g/mol. The van der Waals surface area contributed by atoms with E-state index in [2.05, 4.69) is 19.0 Å². The second kappa shape index (κ2) is 5.95. The van der Waals surface area contributed by atoms with Crippen molar-refractivity contribution in [1.29, 1.82) is 0 Å². The predicted octanol–water partition coefficient (Wildman–Crippen LogP) is 1.42. The molecule has 0 bridgehead atoms. The van der Waals surface area contributed by atoms with Crippen LogP contribution in [0, 0.1) is 5.92 Å². The van der Waals surface area contributed by atoms with Crippen LogP contribution in [0.2, 0.25) is 0 Å². The van der Waals surface area contributed by atoms with E-state index in [1.54, 1.807) is 0 Å². The van der Waals surface area contributed by atoms with Gasteiger partial charge in [0.15, 0.2) is 0 Å². The molecule has 0 aromatic carbocycles. The molecule has 0 saturated carbocycles. The molecule has 0 aromatic rings. The van der Waals surface area contributed by atoms with Crippen LogP contribution >= 0.6 is 0 Å². The van der Waals surface area contributed by atoms with E-state index in [1.807, 2.05) is 11.8 Å². The van der Waals surface area contributed by atoms with Crippen molar-refractivity contribution < 1.29 is 9.53 Å². The average Bonchev–Trinajstić information content (AvgIpc) is 2.18. The van der Waals surface area contributed by atoms with Gasteiger partial charge in [0.05, 0.1) is 6.61 Å². The van der Waals surface area contributed by atoms with Gasteiger partial charge in [-0.2, -0.15) is 0 Å². The molecule has 0 aromatic heterocycles. The third-order valence-corrected chi connectivity index (χ3v) is 2.76. The number of likely N-dealkylation sites (tertiary alicyclic amines) is 1. The van der Waals surface area contributed by atoms with Crippen molar-refractivity contribution in [2.24, 2.45) is 5.92 Å². The first-order chi connectivity index (χ1) is 7.13. The summed E-state index contributed by atoms with van der Waals surface area (Å²) in [5.41, 5.74) is 0. The quantitative estimate of drug-likeness (QED) is 0.712. The molecular formula is C11H22N2O2. The minimum atomic E-state index is -0.152. The third-order valence-electron chi connectivity index (χ3n) is 2.76. The summed E-state index contributed by atoms with van der Waals surface area (Å²) in [5.74, 6) is 0.727. The fourth-order valence-electron chi connectivity index (χ4n) is 2.03. The number of carbonyl (C=O) groups excluding carboxylic acids is 1. The number of nitrogens with zero attached hydrogens (tertiary/aromatic N) is 2. The lowest BCUT2D eigenvalue weighted by Gasteiger charge is -2.32. The van der Waals surface area contributed by atoms with Gasteiger partial charge in [-0.05, 0) is 39.8 Å².